The number of carbonyl (C=O) groups excluding carboxylic acids is 1. The van der Waals surface area contributed by atoms with E-state index in [-0.39, 0.29) is 5.91 Å². The third-order valence-corrected chi connectivity index (χ3v) is 3.77. The highest BCUT2D eigenvalue weighted by atomic mass is 16.1. The number of amides is 1. The van der Waals surface area contributed by atoms with Gasteiger partial charge in [0.15, 0.2) is 0 Å². The summed E-state index contributed by atoms with van der Waals surface area (Å²) in [4.78, 5) is 14.2. The smallest absolute Gasteiger partial charge is 0.254 e. The highest BCUT2D eigenvalue weighted by Crippen LogP contribution is 2.21. The van der Waals surface area contributed by atoms with Gasteiger partial charge in [-0.25, -0.2) is 0 Å². The van der Waals surface area contributed by atoms with Crippen LogP contribution in [0.25, 0.3) is 0 Å². The third-order valence-electron chi connectivity index (χ3n) is 3.77. The van der Waals surface area contributed by atoms with Crippen LogP contribution < -0.4 is 5.32 Å². The molecule has 1 aliphatic carbocycles. The van der Waals surface area contributed by atoms with Crippen molar-refractivity contribution in [2.75, 3.05) is 20.1 Å². The van der Waals surface area contributed by atoms with Crippen LogP contribution in [0, 0.1) is 6.92 Å². The van der Waals surface area contributed by atoms with Gasteiger partial charge in [0, 0.05) is 24.8 Å². The number of hydrogen-bond acceptors (Lipinski definition) is 3. The molecule has 2 N–H and O–H groups in total. The molecule has 0 atom stereocenters. The zero-order valence-electron chi connectivity index (χ0n) is 11.2. The minimum absolute atomic E-state index is 0.0407. The van der Waals surface area contributed by atoms with Gasteiger partial charge in [0.2, 0.25) is 0 Å². The lowest BCUT2D eigenvalue weighted by Crippen LogP contribution is -2.37. The van der Waals surface area contributed by atoms with Gasteiger partial charge in [-0.05, 0) is 26.8 Å². The predicted molar refractivity (Wildman–Crippen MR) is 70.5 cm³/mol. The summed E-state index contributed by atoms with van der Waals surface area (Å²) >= 11 is 0. The lowest BCUT2D eigenvalue weighted by Gasteiger charge is -2.23. The number of H-pyrrole nitrogens is 1. The normalized spacial score (nSPS) is 16.4. The molecule has 5 nitrogen and oxygen atoms in total. The Kier molecular flexibility index (Phi) is 4.36. The van der Waals surface area contributed by atoms with Gasteiger partial charge in [0.1, 0.15) is 0 Å². The zero-order valence-corrected chi connectivity index (χ0v) is 11.2. The predicted octanol–water partition coefficient (Wildman–Crippen LogP) is 1.32. The Morgan fingerprint density at radius 2 is 2.28 bits per heavy atom. The molecule has 1 heterocycles. The minimum Gasteiger partial charge on any atom is -0.351 e. The van der Waals surface area contributed by atoms with Crippen molar-refractivity contribution >= 4 is 5.91 Å². The fourth-order valence-electron chi connectivity index (χ4n) is 2.55. The topological polar surface area (TPSA) is 61.0 Å². The Morgan fingerprint density at radius 1 is 1.56 bits per heavy atom. The van der Waals surface area contributed by atoms with E-state index in [1.54, 1.807) is 6.20 Å². The van der Waals surface area contributed by atoms with E-state index in [1.165, 1.54) is 25.7 Å². The van der Waals surface area contributed by atoms with Gasteiger partial charge in [0.25, 0.3) is 5.91 Å². The van der Waals surface area contributed by atoms with Crippen LogP contribution in [0.1, 0.15) is 41.7 Å². The molecule has 1 aliphatic rings. The first kappa shape index (κ1) is 13.1. The van der Waals surface area contributed by atoms with Crippen molar-refractivity contribution in [1.82, 2.24) is 20.4 Å². The molecule has 0 aromatic carbocycles. The Labute approximate surface area is 108 Å². The Bertz CT molecular complexity index is 395. The van der Waals surface area contributed by atoms with Crippen LogP contribution in [0.4, 0.5) is 0 Å². The molecule has 0 bridgehead atoms. The minimum atomic E-state index is -0.0407. The molecule has 0 saturated heterocycles. The fourth-order valence-corrected chi connectivity index (χ4v) is 2.55. The molecule has 0 aliphatic heterocycles. The summed E-state index contributed by atoms with van der Waals surface area (Å²) in [7, 11) is 2.14. The average Bonchev–Trinajstić information content (AvgIpc) is 2.99. The first-order chi connectivity index (χ1) is 8.68. The number of nitrogens with one attached hydrogen (secondary N) is 2. The molecule has 100 valence electrons. The monoisotopic (exact) mass is 250 g/mol. The maximum atomic E-state index is 11.8. The maximum Gasteiger partial charge on any atom is 0.254 e. The summed E-state index contributed by atoms with van der Waals surface area (Å²) < 4.78 is 0. The molecule has 1 saturated carbocycles. The molecule has 0 unspecified atom stereocenters. The lowest BCUT2D eigenvalue weighted by atomic mass is 10.2. The lowest BCUT2D eigenvalue weighted by molar-refractivity contribution is 0.0946. The van der Waals surface area contributed by atoms with E-state index in [9.17, 15) is 4.79 Å². The van der Waals surface area contributed by atoms with E-state index in [0.717, 1.165) is 12.2 Å². The molecule has 0 spiro atoms. The van der Waals surface area contributed by atoms with Crippen LogP contribution in [0.15, 0.2) is 6.20 Å². The zero-order chi connectivity index (χ0) is 13.0. The second-order valence-corrected chi connectivity index (χ2v) is 5.08. The fraction of sp³-hybridized carbons (Fsp3) is 0.692. The van der Waals surface area contributed by atoms with Crippen LogP contribution in [0.3, 0.4) is 0 Å². The number of likely N-dealkylation sites (N-methyl/N-ethyl adjacent to an activating group) is 1. The van der Waals surface area contributed by atoms with Crippen LogP contribution in [0.5, 0.6) is 0 Å². The number of aromatic amines is 1. The molecule has 5 heteroatoms. The van der Waals surface area contributed by atoms with Gasteiger partial charge in [-0.15, -0.1) is 0 Å². The van der Waals surface area contributed by atoms with E-state index in [1.807, 2.05) is 6.92 Å². The number of aryl methyl sites for hydroxylation is 1. The second kappa shape index (κ2) is 6.00. The number of hydrogen-bond donors (Lipinski definition) is 2. The molecule has 1 fully saturated rings. The summed E-state index contributed by atoms with van der Waals surface area (Å²) in [6, 6.07) is 0.706. The summed E-state index contributed by atoms with van der Waals surface area (Å²) in [6.07, 6.45) is 6.85. The maximum absolute atomic E-state index is 11.8. The number of carbonyl (C=O) groups is 1. The van der Waals surface area contributed by atoms with Crippen LogP contribution in [-0.2, 0) is 0 Å². The first-order valence-electron chi connectivity index (χ1n) is 6.67. The summed E-state index contributed by atoms with van der Waals surface area (Å²) in [5.74, 6) is -0.0407. The van der Waals surface area contributed by atoms with Gasteiger partial charge in [-0.2, -0.15) is 5.10 Å². The molecule has 1 aromatic rings. The third kappa shape index (κ3) is 3.10. The number of nitrogens with zero attached hydrogens (tertiary/aromatic N) is 2. The van der Waals surface area contributed by atoms with E-state index in [2.05, 4.69) is 27.5 Å². The van der Waals surface area contributed by atoms with Crippen molar-refractivity contribution < 1.29 is 4.79 Å². The van der Waals surface area contributed by atoms with Gasteiger partial charge >= 0.3 is 0 Å². The quantitative estimate of drug-likeness (QED) is 0.828. The van der Waals surface area contributed by atoms with Crippen molar-refractivity contribution in [3.05, 3.63) is 17.5 Å². The Balaban J connectivity index is 1.72. The van der Waals surface area contributed by atoms with E-state index < -0.39 is 0 Å². The molecular formula is C13H22N4O. The van der Waals surface area contributed by atoms with Crippen LogP contribution >= 0.6 is 0 Å². The van der Waals surface area contributed by atoms with Crippen LogP contribution in [-0.4, -0.2) is 47.2 Å². The standard InChI is InChI=1S/C13H22N4O/c1-10-12(9-15-16-10)13(18)14-7-8-17(2)11-5-3-4-6-11/h9,11H,3-8H2,1-2H3,(H,14,18)(H,15,16). The molecule has 0 radical (unpaired) electrons. The van der Waals surface area contributed by atoms with Crippen molar-refractivity contribution in [3.8, 4) is 0 Å². The van der Waals surface area contributed by atoms with E-state index in [0.29, 0.717) is 18.2 Å². The Hall–Kier alpha value is -1.36. The van der Waals surface area contributed by atoms with Gasteiger partial charge < -0.3 is 10.2 Å². The summed E-state index contributed by atoms with van der Waals surface area (Å²) in [5, 5.41) is 9.56. The summed E-state index contributed by atoms with van der Waals surface area (Å²) in [5.41, 5.74) is 1.45. The van der Waals surface area contributed by atoms with Crippen molar-refractivity contribution in [1.29, 1.82) is 0 Å². The Morgan fingerprint density at radius 3 is 2.89 bits per heavy atom. The molecular weight excluding hydrogens is 228 g/mol. The first-order valence-corrected chi connectivity index (χ1v) is 6.67. The summed E-state index contributed by atoms with van der Waals surface area (Å²) in [6.45, 7) is 3.45. The number of rotatable bonds is 5. The van der Waals surface area contributed by atoms with Crippen molar-refractivity contribution in [2.45, 2.75) is 38.6 Å². The second-order valence-electron chi connectivity index (χ2n) is 5.08. The van der Waals surface area contributed by atoms with Crippen molar-refractivity contribution in [3.63, 3.8) is 0 Å². The van der Waals surface area contributed by atoms with E-state index >= 15 is 0 Å². The van der Waals surface area contributed by atoms with Gasteiger partial charge in [-0.1, -0.05) is 12.8 Å². The van der Waals surface area contributed by atoms with Crippen LogP contribution in [0.2, 0.25) is 0 Å². The van der Waals surface area contributed by atoms with Gasteiger partial charge in [-0.3, -0.25) is 9.89 Å². The number of aromatic nitrogens is 2. The molecule has 18 heavy (non-hydrogen) atoms. The van der Waals surface area contributed by atoms with E-state index in [4.69, 9.17) is 0 Å². The SMILES string of the molecule is Cc1[nH]ncc1C(=O)NCCN(C)C1CCCC1. The highest BCUT2D eigenvalue weighted by Gasteiger charge is 2.19. The molecule has 1 aromatic heterocycles. The van der Waals surface area contributed by atoms with Gasteiger partial charge in [0.05, 0.1) is 11.8 Å². The average molecular weight is 250 g/mol. The molecule has 1 amide bonds. The largest absolute Gasteiger partial charge is 0.351 e. The van der Waals surface area contributed by atoms with Crippen molar-refractivity contribution in [2.24, 2.45) is 0 Å². The molecule has 2 rings (SSSR count). The highest BCUT2D eigenvalue weighted by molar-refractivity contribution is 5.94.